The molecule has 34 heavy (non-hydrogen) atoms. The molecule has 176 valence electrons. The zero-order valence-corrected chi connectivity index (χ0v) is 19.4. The van der Waals surface area contributed by atoms with Crippen LogP contribution in [0.2, 0.25) is 5.15 Å². The number of hydrogen-bond acceptors (Lipinski definition) is 8. The van der Waals surface area contributed by atoms with Gasteiger partial charge in [-0.05, 0) is 38.5 Å². The number of rotatable bonds is 7. The Morgan fingerprint density at radius 2 is 2.26 bits per heavy atom. The third-order valence-corrected chi connectivity index (χ3v) is 6.15. The first-order valence-electron chi connectivity index (χ1n) is 11.3. The van der Waals surface area contributed by atoms with Crippen LogP contribution in [0.3, 0.4) is 0 Å². The molecule has 0 bridgehead atoms. The number of carbonyl (C=O) groups excluding carboxylic acids is 1. The van der Waals surface area contributed by atoms with Crippen molar-refractivity contribution in [3.05, 3.63) is 29.2 Å². The predicted octanol–water partition coefficient (Wildman–Crippen LogP) is 3.20. The molecule has 4 heterocycles. The number of amides is 1. The van der Waals surface area contributed by atoms with Gasteiger partial charge in [0.25, 0.3) is 5.91 Å². The molecule has 3 aromatic heterocycles. The molecule has 0 aromatic carbocycles. The summed E-state index contributed by atoms with van der Waals surface area (Å²) in [6.07, 6.45) is 8.59. The molecule has 1 aliphatic carbocycles. The summed E-state index contributed by atoms with van der Waals surface area (Å²) in [5.41, 5.74) is 1.38. The molecule has 1 saturated carbocycles. The van der Waals surface area contributed by atoms with Crippen molar-refractivity contribution in [3.8, 4) is 11.9 Å². The molecular weight excluding hydrogens is 458 g/mol. The van der Waals surface area contributed by atoms with E-state index >= 15 is 0 Å². The van der Waals surface area contributed by atoms with Gasteiger partial charge >= 0.3 is 0 Å². The number of fused-ring (bicyclic) bond motifs is 1. The van der Waals surface area contributed by atoms with Crippen LogP contribution < -0.4 is 10.1 Å². The zero-order chi connectivity index (χ0) is 23.7. The Morgan fingerprint density at radius 1 is 1.41 bits per heavy atom. The van der Waals surface area contributed by atoms with Crippen LogP contribution in [0.15, 0.2) is 24.0 Å². The van der Waals surface area contributed by atoms with Crippen LogP contribution in [0.5, 0.6) is 5.88 Å². The van der Waals surface area contributed by atoms with Crippen LogP contribution in [-0.2, 0) is 11.3 Å². The van der Waals surface area contributed by atoms with Gasteiger partial charge in [0.1, 0.15) is 23.1 Å². The van der Waals surface area contributed by atoms with E-state index in [-0.39, 0.29) is 28.6 Å². The minimum absolute atomic E-state index is 0.207. The summed E-state index contributed by atoms with van der Waals surface area (Å²) in [5.74, 6) is 0.694. The smallest absolute Gasteiger partial charge is 0.264 e. The molecule has 0 spiro atoms. The Labute approximate surface area is 200 Å². The Balaban J connectivity index is 1.36. The summed E-state index contributed by atoms with van der Waals surface area (Å²) < 4.78 is 8.03. The van der Waals surface area contributed by atoms with Crippen molar-refractivity contribution in [1.29, 1.82) is 5.26 Å². The van der Waals surface area contributed by atoms with Crippen molar-refractivity contribution >= 4 is 40.2 Å². The summed E-state index contributed by atoms with van der Waals surface area (Å²) in [5, 5.41) is 24.3. The van der Waals surface area contributed by atoms with Gasteiger partial charge in [-0.15, -0.1) is 0 Å². The molecule has 0 radical (unpaired) electrons. The topological polar surface area (TPSA) is 138 Å². The molecule has 5 rings (SSSR count). The Morgan fingerprint density at radius 3 is 3.00 bits per heavy atom. The highest BCUT2D eigenvalue weighted by Gasteiger charge is 2.30. The van der Waals surface area contributed by atoms with E-state index < -0.39 is 0 Å². The lowest BCUT2D eigenvalue weighted by Crippen LogP contribution is -2.45. The average Bonchev–Trinajstić information content (AvgIpc) is 3.43. The van der Waals surface area contributed by atoms with Gasteiger partial charge in [-0.25, -0.2) is 0 Å². The number of anilines is 2. The maximum Gasteiger partial charge on any atom is 0.264 e. The number of aromatic amines is 1. The minimum Gasteiger partial charge on any atom is -0.472 e. The van der Waals surface area contributed by atoms with Gasteiger partial charge in [0, 0.05) is 19.3 Å². The Kier molecular flexibility index (Phi) is 6.06. The van der Waals surface area contributed by atoms with E-state index in [4.69, 9.17) is 16.3 Å². The van der Waals surface area contributed by atoms with Gasteiger partial charge in [-0.3, -0.25) is 14.6 Å². The molecule has 2 fully saturated rings. The van der Waals surface area contributed by atoms with Crippen LogP contribution in [0, 0.1) is 17.2 Å². The van der Waals surface area contributed by atoms with E-state index in [0.29, 0.717) is 36.0 Å². The molecular formula is C22H24ClN9O2. The lowest BCUT2D eigenvalue weighted by Gasteiger charge is -2.32. The largest absolute Gasteiger partial charge is 0.472 e. The van der Waals surface area contributed by atoms with Gasteiger partial charge in [-0.1, -0.05) is 17.7 Å². The predicted molar refractivity (Wildman–Crippen MR) is 125 cm³/mol. The number of hydrogen-bond donors (Lipinski definition) is 2. The molecule has 1 aliphatic heterocycles. The number of nitrogens with one attached hydrogen (secondary N) is 2. The highest BCUT2D eigenvalue weighted by Crippen LogP contribution is 2.33. The van der Waals surface area contributed by atoms with Crippen LogP contribution >= 0.6 is 11.6 Å². The number of carbonyl (C=O) groups is 1. The molecule has 12 heteroatoms. The lowest BCUT2D eigenvalue weighted by molar-refractivity contribution is -0.129. The monoisotopic (exact) mass is 481 g/mol. The quantitative estimate of drug-likeness (QED) is 0.387. The number of likely N-dealkylation sites (tertiary alicyclic amines) is 1. The molecule has 1 atom stereocenters. The summed E-state index contributed by atoms with van der Waals surface area (Å²) in [6.45, 7) is 3.68. The van der Waals surface area contributed by atoms with Crippen molar-refractivity contribution in [2.45, 2.75) is 45.3 Å². The van der Waals surface area contributed by atoms with Gasteiger partial charge in [0.05, 0.1) is 18.4 Å². The van der Waals surface area contributed by atoms with Gasteiger partial charge < -0.3 is 15.0 Å². The second kappa shape index (κ2) is 9.30. The molecule has 1 saturated heterocycles. The third-order valence-electron chi connectivity index (χ3n) is 5.87. The normalized spacial score (nSPS) is 18.7. The van der Waals surface area contributed by atoms with Crippen molar-refractivity contribution in [2.75, 3.05) is 18.4 Å². The molecule has 2 aliphatic rings. The summed E-state index contributed by atoms with van der Waals surface area (Å²) >= 11 is 6.28. The van der Waals surface area contributed by atoms with Crippen LogP contribution in [0.25, 0.3) is 11.0 Å². The number of nitriles is 1. The summed E-state index contributed by atoms with van der Waals surface area (Å²) in [4.78, 5) is 23.6. The Hall–Kier alpha value is -3.65. The maximum atomic E-state index is 12.9. The Bertz CT molecular complexity index is 1290. The minimum atomic E-state index is -0.307. The average molecular weight is 482 g/mol. The fourth-order valence-electron chi connectivity index (χ4n) is 3.94. The van der Waals surface area contributed by atoms with E-state index in [1.807, 2.05) is 13.1 Å². The van der Waals surface area contributed by atoms with Crippen molar-refractivity contribution in [1.82, 2.24) is 34.8 Å². The lowest BCUT2D eigenvalue weighted by atomic mass is 10.1. The summed E-state index contributed by atoms with van der Waals surface area (Å²) in [6, 6.07) is 2.06. The molecule has 3 aromatic rings. The van der Waals surface area contributed by atoms with Gasteiger partial charge in [-0.2, -0.15) is 25.4 Å². The second-order valence-corrected chi connectivity index (χ2v) is 8.82. The number of nitrogens with zero attached hydrogens (tertiary/aromatic N) is 7. The van der Waals surface area contributed by atoms with E-state index in [2.05, 4.69) is 36.7 Å². The molecule has 1 amide bonds. The number of allylic oxidation sites excluding steroid dienone is 1. The van der Waals surface area contributed by atoms with E-state index in [9.17, 15) is 10.1 Å². The fourth-order valence-corrected chi connectivity index (χ4v) is 4.15. The highest BCUT2D eigenvalue weighted by atomic mass is 35.5. The van der Waals surface area contributed by atoms with Crippen LogP contribution in [0.1, 0.15) is 32.6 Å². The standard InChI is InChI=1S/C22H24ClN9O2/c1-2-32-11-15(10-25-32)26-22-27-19-17(18(23)29-30-19)20(28-22)34-16-4-3-7-31(12-16)21(33)14(9-24)8-13-5-6-13/h8,10-11,13,16H,2-7,12H2,1H3,(H2,26,27,28,29,30)/b14-8+. The number of aryl methyl sites for hydroxylation is 1. The number of piperidine rings is 1. The molecule has 1 unspecified atom stereocenters. The molecule has 11 nitrogen and oxygen atoms in total. The first kappa shape index (κ1) is 22.2. The number of halogens is 1. The first-order valence-corrected chi connectivity index (χ1v) is 11.7. The van der Waals surface area contributed by atoms with E-state index in [0.717, 1.165) is 37.9 Å². The van der Waals surface area contributed by atoms with Crippen molar-refractivity contribution in [3.63, 3.8) is 0 Å². The first-order chi connectivity index (χ1) is 16.5. The van der Waals surface area contributed by atoms with Crippen LogP contribution in [0.4, 0.5) is 11.6 Å². The third kappa shape index (κ3) is 4.68. The highest BCUT2D eigenvalue weighted by molar-refractivity contribution is 6.34. The SMILES string of the molecule is CCn1cc(Nc2nc(OC3CCCN(C(=O)/C(C#N)=C/C4CC4)C3)c3c(Cl)n[nH]c3n2)cn1. The van der Waals surface area contributed by atoms with Gasteiger partial charge in [0.15, 0.2) is 10.8 Å². The van der Waals surface area contributed by atoms with Gasteiger partial charge in [0.2, 0.25) is 11.8 Å². The van der Waals surface area contributed by atoms with Crippen molar-refractivity contribution in [2.24, 2.45) is 5.92 Å². The maximum absolute atomic E-state index is 12.9. The number of H-pyrrole nitrogens is 1. The summed E-state index contributed by atoms with van der Waals surface area (Å²) in [7, 11) is 0. The second-order valence-electron chi connectivity index (χ2n) is 8.46. The van der Waals surface area contributed by atoms with Crippen LogP contribution in [-0.4, -0.2) is 59.9 Å². The van der Waals surface area contributed by atoms with Crippen molar-refractivity contribution < 1.29 is 9.53 Å². The van der Waals surface area contributed by atoms with E-state index in [1.54, 1.807) is 21.9 Å². The number of ether oxygens (including phenoxy) is 1. The van der Waals surface area contributed by atoms with E-state index in [1.165, 1.54) is 0 Å². The number of aromatic nitrogens is 6. The fraction of sp³-hybridized carbons (Fsp3) is 0.455. The zero-order valence-electron chi connectivity index (χ0n) is 18.7. The molecule has 2 N–H and O–H groups in total.